The first-order valence-corrected chi connectivity index (χ1v) is 4.31. The van der Waals surface area contributed by atoms with Crippen molar-refractivity contribution in [1.29, 1.82) is 0 Å². The summed E-state index contributed by atoms with van der Waals surface area (Å²) in [6.45, 7) is 6.12. The van der Waals surface area contributed by atoms with Crippen LogP contribution in [-0.2, 0) is 0 Å². The lowest BCUT2D eigenvalue weighted by Crippen LogP contribution is -2.25. The Hall–Kier alpha value is -1.06. The van der Waals surface area contributed by atoms with Gasteiger partial charge in [-0.3, -0.25) is 0 Å². The summed E-state index contributed by atoms with van der Waals surface area (Å²) < 4.78 is 0. The second-order valence-electron chi connectivity index (χ2n) is 2.73. The van der Waals surface area contributed by atoms with Crippen LogP contribution < -0.4 is 10.4 Å². The van der Waals surface area contributed by atoms with Gasteiger partial charge in [-0.25, -0.2) is 9.97 Å². The molecule has 4 heteroatoms. The Labute approximate surface area is 74.2 Å². The molecule has 0 aliphatic rings. The van der Waals surface area contributed by atoms with Crippen LogP contribution in [0.3, 0.4) is 0 Å². The fourth-order valence-corrected chi connectivity index (χ4v) is 1.06. The molecule has 0 saturated carbocycles. The van der Waals surface area contributed by atoms with Gasteiger partial charge < -0.3 is 4.90 Å². The van der Waals surface area contributed by atoms with E-state index in [9.17, 15) is 0 Å². The molecule has 12 heavy (non-hydrogen) atoms. The molecule has 64 valence electrons. The Kier molecular flexibility index (Phi) is 3.08. The van der Waals surface area contributed by atoms with Crippen molar-refractivity contribution in [3.05, 3.63) is 12.4 Å². The quantitative estimate of drug-likeness (QED) is 0.566. The van der Waals surface area contributed by atoms with Crippen LogP contribution in [-0.4, -0.2) is 30.9 Å². The van der Waals surface area contributed by atoms with Crippen molar-refractivity contribution in [2.45, 2.75) is 13.8 Å². The van der Waals surface area contributed by atoms with Gasteiger partial charge in [0.1, 0.15) is 7.85 Å². The molecule has 0 radical (unpaired) electrons. The average Bonchev–Trinajstić information content (AvgIpc) is 2.10. The van der Waals surface area contributed by atoms with Crippen LogP contribution in [0.5, 0.6) is 0 Å². The van der Waals surface area contributed by atoms with Crippen LogP contribution >= 0.6 is 0 Å². The minimum absolute atomic E-state index is 0.825. The van der Waals surface area contributed by atoms with Crippen LogP contribution in [0.4, 0.5) is 5.95 Å². The van der Waals surface area contributed by atoms with Crippen molar-refractivity contribution in [3.8, 4) is 0 Å². The van der Waals surface area contributed by atoms with Crippen LogP contribution in [0.1, 0.15) is 13.8 Å². The predicted octanol–water partition coefficient (Wildman–Crippen LogP) is -0.419. The van der Waals surface area contributed by atoms with E-state index in [1.807, 2.05) is 20.2 Å². The third-order valence-corrected chi connectivity index (χ3v) is 1.81. The Bertz CT molecular complexity index is 231. The molecule has 1 aromatic rings. The molecule has 0 saturated heterocycles. The summed E-state index contributed by atoms with van der Waals surface area (Å²) in [4.78, 5) is 10.6. The summed E-state index contributed by atoms with van der Waals surface area (Å²) in [5, 5.41) is 0. The molecular weight excluding hydrogens is 149 g/mol. The van der Waals surface area contributed by atoms with Gasteiger partial charge in [-0.1, -0.05) is 5.46 Å². The number of anilines is 1. The van der Waals surface area contributed by atoms with Crippen molar-refractivity contribution in [2.24, 2.45) is 0 Å². The highest BCUT2D eigenvalue weighted by molar-refractivity contribution is 6.31. The first kappa shape index (κ1) is 9.04. The zero-order chi connectivity index (χ0) is 8.97. The maximum Gasteiger partial charge on any atom is 0.225 e. The van der Waals surface area contributed by atoms with Crippen LogP contribution in [0.25, 0.3) is 0 Å². The highest BCUT2D eigenvalue weighted by Gasteiger charge is 2.02. The molecule has 0 atom stereocenters. The molecule has 0 aliphatic heterocycles. The maximum absolute atomic E-state index is 4.24. The standard InChI is InChI=1S/C8H14BN3/c1-3-12(4-2)8-10-5-7(9)6-11-8/h5-6H,3-4,9H2,1-2H3. The van der Waals surface area contributed by atoms with Crippen molar-refractivity contribution < 1.29 is 0 Å². The lowest BCUT2D eigenvalue weighted by atomic mass is 10.0. The molecular formula is C8H14BN3. The number of nitrogens with zero attached hydrogens (tertiary/aromatic N) is 3. The van der Waals surface area contributed by atoms with Gasteiger partial charge >= 0.3 is 0 Å². The van der Waals surface area contributed by atoms with Gasteiger partial charge in [-0.2, -0.15) is 0 Å². The minimum Gasteiger partial charge on any atom is -0.341 e. The van der Waals surface area contributed by atoms with Crippen LogP contribution in [0.2, 0.25) is 0 Å². The molecule has 0 bridgehead atoms. The second kappa shape index (κ2) is 4.09. The van der Waals surface area contributed by atoms with E-state index in [-0.39, 0.29) is 0 Å². The van der Waals surface area contributed by atoms with Crippen molar-refractivity contribution in [1.82, 2.24) is 9.97 Å². The smallest absolute Gasteiger partial charge is 0.225 e. The molecule has 1 rings (SSSR count). The minimum atomic E-state index is 0.825. The summed E-state index contributed by atoms with van der Waals surface area (Å²) in [5.41, 5.74) is 1.10. The molecule has 0 amide bonds. The molecule has 0 unspecified atom stereocenters. The summed E-state index contributed by atoms with van der Waals surface area (Å²) in [7, 11) is 1.99. The lowest BCUT2D eigenvalue weighted by Gasteiger charge is -2.17. The van der Waals surface area contributed by atoms with E-state index >= 15 is 0 Å². The fraction of sp³-hybridized carbons (Fsp3) is 0.500. The van der Waals surface area contributed by atoms with E-state index in [0.29, 0.717) is 0 Å². The SMILES string of the molecule is Bc1cnc(N(CC)CC)nc1. The Morgan fingerprint density at radius 3 is 2.17 bits per heavy atom. The molecule has 1 aromatic heterocycles. The molecule has 0 N–H and O–H groups in total. The third kappa shape index (κ3) is 1.97. The van der Waals surface area contributed by atoms with Crippen molar-refractivity contribution in [2.75, 3.05) is 18.0 Å². The molecule has 1 heterocycles. The predicted molar refractivity (Wildman–Crippen MR) is 53.8 cm³/mol. The summed E-state index contributed by atoms with van der Waals surface area (Å²) in [6.07, 6.45) is 3.70. The van der Waals surface area contributed by atoms with E-state index in [4.69, 9.17) is 0 Å². The molecule has 0 fully saturated rings. The molecule has 3 nitrogen and oxygen atoms in total. The van der Waals surface area contributed by atoms with E-state index < -0.39 is 0 Å². The first-order chi connectivity index (χ1) is 5.77. The van der Waals surface area contributed by atoms with E-state index in [1.54, 1.807) is 0 Å². The van der Waals surface area contributed by atoms with Crippen molar-refractivity contribution >= 4 is 19.3 Å². The van der Waals surface area contributed by atoms with Gasteiger partial charge in [0, 0.05) is 25.5 Å². The Morgan fingerprint density at radius 2 is 1.75 bits per heavy atom. The van der Waals surface area contributed by atoms with Gasteiger partial charge in [0.25, 0.3) is 0 Å². The Balaban J connectivity index is 2.80. The lowest BCUT2D eigenvalue weighted by molar-refractivity contribution is 0.822. The van der Waals surface area contributed by atoms with Gasteiger partial charge in [0.15, 0.2) is 0 Å². The first-order valence-electron chi connectivity index (χ1n) is 4.31. The third-order valence-electron chi connectivity index (χ3n) is 1.81. The highest BCUT2D eigenvalue weighted by Crippen LogP contribution is 2.01. The number of aromatic nitrogens is 2. The van der Waals surface area contributed by atoms with Gasteiger partial charge in [-0.15, -0.1) is 0 Å². The average molecular weight is 163 g/mol. The topological polar surface area (TPSA) is 29.0 Å². The van der Waals surface area contributed by atoms with E-state index in [0.717, 1.165) is 24.5 Å². The monoisotopic (exact) mass is 163 g/mol. The largest absolute Gasteiger partial charge is 0.341 e. The Morgan fingerprint density at radius 1 is 1.25 bits per heavy atom. The second-order valence-corrected chi connectivity index (χ2v) is 2.73. The molecule has 0 aliphatic carbocycles. The van der Waals surface area contributed by atoms with Crippen molar-refractivity contribution in [3.63, 3.8) is 0 Å². The number of rotatable bonds is 3. The highest BCUT2D eigenvalue weighted by atomic mass is 15.2. The molecule has 0 aromatic carbocycles. The normalized spacial score (nSPS) is 9.83. The summed E-state index contributed by atoms with van der Waals surface area (Å²) >= 11 is 0. The number of hydrogen-bond donors (Lipinski definition) is 0. The maximum atomic E-state index is 4.24. The molecule has 0 spiro atoms. The van der Waals surface area contributed by atoms with Gasteiger partial charge in [0.05, 0.1) is 0 Å². The number of hydrogen-bond acceptors (Lipinski definition) is 3. The fourth-order valence-electron chi connectivity index (χ4n) is 1.06. The van der Waals surface area contributed by atoms with Gasteiger partial charge in [-0.05, 0) is 13.8 Å². The van der Waals surface area contributed by atoms with Crippen LogP contribution in [0, 0.1) is 0 Å². The zero-order valence-corrected chi connectivity index (χ0v) is 7.91. The van der Waals surface area contributed by atoms with E-state index in [1.165, 1.54) is 0 Å². The zero-order valence-electron chi connectivity index (χ0n) is 7.91. The van der Waals surface area contributed by atoms with Gasteiger partial charge in [0.2, 0.25) is 5.95 Å². The van der Waals surface area contributed by atoms with E-state index in [2.05, 4.69) is 28.7 Å². The summed E-state index contributed by atoms with van der Waals surface area (Å²) in [6, 6.07) is 0. The summed E-state index contributed by atoms with van der Waals surface area (Å²) in [5.74, 6) is 0.825. The van der Waals surface area contributed by atoms with Crippen LogP contribution in [0.15, 0.2) is 12.4 Å².